The van der Waals surface area contributed by atoms with Crippen molar-refractivity contribution in [3.8, 4) is 5.75 Å². The zero-order chi connectivity index (χ0) is 19.1. The number of anilines is 1. The molecule has 7 heteroatoms. The molecule has 142 valence electrons. The van der Waals surface area contributed by atoms with E-state index in [1.807, 2.05) is 24.3 Å². The highest BCUT2D eigenvalue weighted by Gasteiger charge is 2.16. The number of methoxy groups -OCH3 is 1. The van der Waals surface area contributed by atoms with Crippen molar-refractivity contribution in [3.05, 3.63) is 59.1 Å². The van der Waals surface area contributed by atoms with Gasteiger partial charge in [-0.05, 0) is 49.2 Å². The predicted molar refractivity (Wildman–Crippen MR) is 107 cm³/mol. The Labute approximate surface area is 163 Å². The van der Waals surface area contributed by atoms with Gasteiger partial charge in [0.15, 0.2) is 0 Å². The number of amides is 1. The minimum Gasteiger partial charge on any atom is -0.495 e. The summed E-state index contributed by atoms with van der Waals surface area (Å²) in [6, 6.07) is 14.1. The van der Waals surface area contributed by atoms with E-state index in [0.29, 0.717) is 34.5 Å². The highest BCUT2D eigenvalue weighted by Crippen LogP contribution is 2.23. The van der Waals surface area contributed by atoms with Gasteiger partial charge in [0, 0.05) is 17.2 Å². The number of halogens is 1. The number of nitrogens with zero attached hydrogens (tertiary/aromatic N) is 1. The summed E-state index contributed by atoms with van der Waals surface area (Å²) < 4.78 is 11.0. The van der Waals surface area contributed by atoms with Gasteiger partial charge in [0.2, 0.25) is 5.96 Å². The Morgan fingerprint density at radius 2 is 2.04 bits per heavy atom. The van der Waals surface area contributed by atoms with Crippen LogP contribution in [0.1, 0.15) is 23.2 Å². The van der Waals surface area contributed by atoms with Gasteiger partial charge in [-0.2, -0.15) is 0 Å². The lowest BCUT2D eigenvalue weighted by Crippen LogP contribution is -2.36. The topological polar surface area (TPSA) is 71.9 Å². The number of hydrogen-bond acceptors (Lipinski definition) is 4. The van der Waals surface area contributed by atoms with Crippen molar-refractivity contribution in [2.45, 2.75) is 18.9 Å². The highest BCUT2D eigenvalue weighted by atomic mass is 35.5. The lowest BCUT2D eigenvalue weighted by atomic mass is 10.2. The first-order valence-corrected chi connectivity index (χ1v) is 9.16. The van der Waals surface area contributed by atoms with E-state index in [1.54, 1.807) is 31.4 Å². The fraction of sp³-hybridized carbons (Fsp3) is 0.300. The molecule has 0 aliphatic carbocycles. The number of aliphatic imine (C=N–C) groups is 1. The third-order valence-electron chi connectivity index (χ3n) is 4.18. The van der Waals surface area contributed by atoms with E-state index < -0.39 is 0 Å². The van der Waals surface area contributed by atoms with Gasteiger partial charge in [0.1, 0.15) is 5.75 Å². The summed E-state index contributed by atoms with van der Waals surface area (Å²) in [5.41, 5.74) is 1.20. The zero-order valence-electron chi connectivity index (χ0n) is 15.1. The van der Waals surface area contributed by atoms with E-state index in [-0.39, 0.29) is 12.0 Å². The normalized spacial score (nSPS) is 16.8. The molecule has 0 aromatic heterocycles. The lowest BCUT2D eigenvalue weighted by Gasteiger charge is -2.15. The molecule has 0 bridgehead atoms. The van der Waals surface area contributed by atoms with Crippen LogP contribution in [0.15, 0.2) is 53.5 Å². The number of carbonyl (C=O) groups excluding carboxylic acids is 1. The van der Waals surface area contributed by atoms with Gasteiger partial charge in [-0.3, -0.25) is 10.1 Å². The molecule has 1 unspecified atom stereocenters. The van der Waals surface area contributed by atoms with Gasteiger partial charge in [-0.25, -0.2) is 4.99 Å². The van der Waals surface area contributed by atoms with Crippen LogP contribution in [0.25, 0.3) is 0 Å². The van der Waals surface area contributed by atoms with Crippen LogP contribution >= 0.6 is 11.6 Å². The van der Waals surface area contributed by atoms with Gasteiger partial charge < -0.3 is 14.8 Å². The zero-order valence-corrected chi connectivity index (χ0v) is 15.8. The standard InChI is InChI=1S/C20H22ClN3O3/c1-26-18-7-3-2-6-17(18)23-20(22-13-16-5-4-12-27-16)24-19(25)14-8-10-15(21)11-9-14/h2-3,6-11,16H,4-5,12-13H2,1H3,(H2,22,23,24,25). The fourth-order valence-electron chi connectivity index (χ4n) is 2.75. The summed E-state index contributed by atoms with van der Waals surface area (Å²) in [6.07, 6.45) is 2.08. The second-order valence-corrected chi connectivity index (χ2v) is 6.55. The Kier molecular flexibility index (Phi) is 6.68. The van der Waals surface area contributed by atoms with Crippen LogP contribution in [0.3, 0.4) is 0 Å². The molecule has 2 N–H and O–H groups in total. The second-order valence-electron chi connectivity index (χ2n) is 6.11. The molecular weight excluding hydrogens is 366 g/mol. The molecule has 2 aromatic carbocycles. The number of para-hydroxylation sites is 2. The van der Waals surface area contributed by atoms with Crippen LogP contribution < -0.4 is 15.4 Å². The Bertz CT molecular complexity index is 802. The monoisotopic (exact) mass is 387 g/mol. The van der Waals surface area contributed by atoms with E-state index in [0.717, 1.165) is 19.4 Å². The molecule has 1 atom stereocenters. The molecule has 6 nitrogen and oxygen atoms in total. The predicted octanol–water partition coefficient (Wildman–Crippen LogP) is 3.73. The molecule has 2 aromatic rings. The maximum Gasteiger partial charge on any atom is 0.257 e. The van der Waals surface area contributed by atoms with Crippen molar-refractivity contribution in [1.82, 2.24) is 5.32 Å². The minimum atomic E-state index is -0.278. The smallest absolute Gasteiger partial charge is 0.257 e. The first-order valence-electron chi connectivity index (χ1n) is 8.78. The summed E-state index contributed by atoms with van der Waals surface area (Å²) in [6.45, 7) is 1.23. The van der Waals surface area contributed by atoms with Gasteiger partial charge in [0.25, 0.3) is 5.91 Å². The van der Waals surface area contributed by atoms with Gasteiger partial charge in [-0.1, -0.05) is 23.7 Å². The van der Waals surface area contributed by atoms with Crippen LogP contribution in [-0.2, 0) is 4.74 Å². The number of benzene rings is 2. The van der Waals surface area contributed by atoms with Crippen LogP contribution in [0.5, 0.6) is 5.75 Å². The Morgan fingerprint density at radius 3 is 2.74 bits per heavy atom. The van der Waals surface area contributed by atoms with Crippen molar-refractivity contribution >= 4 is 29.2 Å². The number of ether oxygens (including phenoxy) is 2. The van der Waals surface area contributed by atoms with E-state index in [1.165, 1.54) is 0 Å². The van der Waals surface area contributed by atoms with Crippen LogP contribution in [0.2, 0.25) is 5.02 Å². The molecule has 0 saturated carbocycles. The quantitative estimate of drug-likeness (QED) is 0.605. The number of nitrogens with one attached hydrogen (secondary N) is 2. The molecule has 1 aliphatic rings. The SMILES string of the molecule is COc1ccccc1NC(=NCC1CCCO1)NC(=O)c1ccc(Cl)cc1. The molecule has 0 spiro atoms. The van der Waals surface area contributed by atoms with E-state index in [4.69, 9.17) is 21.1 Å². The first kappa shape index (κ1) is 19.2. The van der Waals surface area contributed by atoms with E-state index in [9.17, 15) is 4.79 Å². The van der Waals surface area contributed by atoms with Crippen LogP contribution in [-0.4, -0.2) is 38.2 Å². The van der Waals surface area contributed by atoms with Gasteiger partial charge in [-0.15, -0.1) is 0 Å². The minimum absolute atomic E-state index is 0.0758. The summed E-state index contributed by atoms with van der Waals surface area (Å²) >= 11 is 5.89. The Hall–Kier alpha value is -2.57. The molecule has 0 radical (unpaired) electrons. The maximum absolute atomic E-state index is 12.6. The molecule has 1 fully saturated rings. The van der Waals surface area contributed by atoms with Gasteiger partial charge >= 0.3 is 0 Å². The number of hydrogen-bond donors (Lipinski definition) is 2. The average molecular weight is 388 g/mol. The number of guanidine groups is 1. The lowest BCUT2D eigenvalue weighted by molar-refractivity contribution is 0.0975. The van der Waals surface area contributed by atoms with E-state index in [2.05, 4.69) is 15.6 Å². The number of carbonyl (C=O) groups is 1. The Morgan fingerprint density at radius 1 is 1.26 bits per heavy atom. The number of rotatable bonds is 5. The Balaban J connectivity index is 1.77. The van der Waals surface area contributed by atoms with Crippen LogP contribution in [0, 0.1) is 0 Å². The van der Waals surface area contributed by atoms with Crippen molar-refractivity contribution in [3.63, 3.8) is 0 Å². The van der Waals surface area contributed by atoms with Crippen molar-refractivity contribution in [2.75, 3.05) is 25.6 Å². The fourth-order valence-corrected chi connectivity index (χ4v) is 2.87. The average Bonchev–Trinajstić information content (AvgIpc) is 3.20. The van der Waals surface area contributed by atoms with Crippen molar-refractivity contribution in [2.24, 2.45) is 4.99 Å². The van der Waals surface area contributed by atoms with Crippen LogP contribution in [0.4, 0.5) is 5.69 Å². The van der Waals surface area contributed by atoms with E-state index >= 15 is 0 Å². The highest BCUT2D eigenvalue weighted by molar-refractivity contribution is 6.30. The molecule has 3 rings (SSSR count). The van der Waals surface area contributed by atoms with Crippen molar-refractivity contribution in [1.29, 1.82) is 0 Å². The first-order chi connectivity index (χ1) is 13.2. The molecule has 27 heavy (non-hydrogen) atoms. The molecule has 1 amide bonds. The molecule has 1 aliphatic heterocycles. The van der Waals surface area contributed by atoms with Crippen molar-refractivity contribution < 1.29 is 14.3 Å². The maximum atomic E-state index is 12.6. The summed E-state index contributed by atoms with van der Waals surface area (Å²) in [7, 11) is 1.59. The second kappa shape index (κ2) is 9.39. The molecular formula is C20H22ClN3O3. The summed E-state index contributed by atoms with van der Waals surface area (Å²) in [5, 5.41) is 6.54. The molecule has 1 heterocycles. The third kappa shape index (κ3) is 5.45. The largest absolute Gasteiger partial charge is 0.495 e. The van der Waals surface area contributed by atoms with Gasteiger partial charge in [0.05, 0.1) is 25.4 Å². The molecule has 1 saturated heterocycles. The summed E-state index contributed by atoms with van der Waals surface area (Å²) in [4.78, 5) is 17.1. The third-order valence-corrected chi connectivity index (χ3v) is 4.43. The summed E-state index contributed by atoms with van der Waals surface area (Å²) in [5.74, 6) is 0.721.